The normalized spacial score (nSPS) is 30.9. The number of anilines is 1. The molecule has 8 atom stereocenters. The van der Waals surface area contributed by atoms with Crippen LogP contribution in [0.25, 0.3) is 0 Å². The van der Waals surface area contributed by atoms with E-state index >= 15 is 0 Å². The molecule has 2 fully saturated rings. The van der Waals surface area contributed by atoms with Crippen LogP contribution in [-0.2, 0) is 39.8 Å². The lowest BCUT2D eigenvalue weighted by Gasteiger charge is -2.59. The third-order valence-corrected chi connectivity index (χ3v) is 14.0. The summed E-state index contributed by atoms with van der Waals surface area (Å²) in [6.45, 7) is 11.2. The van der Waals surface area contributed by atoms with Crippen molar-refractivity contribution >= 4 is 62.8 Å². The van der Waals surface area contributed by atoms with Gasteiger partial charge < -0.3 is 38.6 Å². The Hall–Kier alpha value is -2.95. The first-order chi connectivity index (χ1) is 26.2. The number of hydrogen-bond donors (Lipinski definition) is 2. The third-order valence-electron chi connectivity index (χ3n) is 11.0. The zero-order valence-electron chi connectivity index (χ0n) is 34.3. The number of rotatable bonds is 11. The number of hydrogen-bond acceptors (Lipinski definition) is 12. The van der Waals surface area contributed by atoms with Crippen LogP contribution in [-0.4, -0.2) is 115 Å². The van der Waals surface area contributed by atoms with Crippen LogP contribution < -0.4 is 15.0 Å². The second kappa shape index (κ2) is 18.8. The van der Waals surface area contributed by atoms with E-state index < -0.39 is 59.3 Å². The van der Waals surface area contributed by atoms with Crippen molar-refractivity contribution in [2.45, 2.75) is 127 Å². The zero-order valence-corrected chi connectivity index (χ0v) is 36.7. The number of esters is 1. The number of carbonyl (C=O) groups excluding carboxylic acids is 4. The molecule has 16 heteroatoms. The molecule has 1 aromatic carbocycles. The van der Waals surface area contributed by atoms with Crippen molar-refractivity contribution in [2.75, 3.05) is 39.5 Å². The molecule has 4 aliphatic rings. The summed E-state index contributed by atoms with van der Waals surface area (Å²) in [5.74, 6) is -0.587. The topological polar surface area (TPSA) is 153 Å². The Morgan fingerprint density at radius 1 is 1.18 bits per heavy atom. The van der Waals surface area contributed by atoms with Crippen LogP contribution in [0.15, 0.2) is 35.9 Å². The third kappa shape index (κ3) is 10.4. The van der Waals surface area contributed by atoms with Crippen LogP contribution in [0.4, 0.5) is 10.5 Å². The van der Waals surface area contributed by atoms with Crippen molar-refractivity contribution < 1.29 is 48.0 Å². The van der Waals surface area contributed by atoms with E-state index in [1.54, 1.807) is 80.7 Å². The molecule has 2 saturated heterocycles. The molecule has 3 amide bonds. The van der Waals surface area contributed by atoms with Crippen LogP contribution in [0.3, 0.4) is 0 Å². The molecule has 6 bridgehead atoms. The average Bonchev–Trinajstić information content (AvgIpc) is 3.12. The molecule has 0 radical (unpaired) electrons. The minimum atomic E-state index is -1.85. The minimum Gasteiger partial charge on any atom is -0.495 e. The highest BCUT2D eigenvalue weighted by molar-refractivity contribution is 8.76. The van der Waals surface area contributed by atoms with Gasteiger partial charge in [-0.1, -0.05) is 70.8 Å². The Kier molecular flexibility index (Phi) is 15.3. The predicted octanol–water partition coefficient (Wildman–Crippen LogP) is 6.47. The maximum absolute atomic E-state index is 14.2. The molecule has 0 aromatic heterocycles. The zero-order chi connectivity index (χ0) is 41.7. The molecule has 0 saturated carbocycles. The minimum absolute atomic E-state index is 0.0931. The van der Waals surface area contributed by atoms with Crippen LogP contribution in [0.5, 0.6) is 5.75 Å². The lowest BCUT2D eigenvalue weighted by Crippen LogP contribution is -2.72. The van der Waals surface area contributed by atoms with Gasteiger partial charge in [-0.05, 0) is 70.4 Å². The van der Waals surface area contributed by atoms with Crippen LogP contribution in [0.2, 0.25) is 5.02 Å². The summed E-state index contributed by atoms with van der Waals surface area (Å²) in [6.07, 6.45) is 4.52. The Morgan fingerprint density at radius 3 is 2.46 bits per heavy atom. The second-order valence-corrected chi connectivity index (χ2v) is 18.8. The molecular weight excluding hydrogens is 782 g/mol. The van der Waals surface area contributed by atoms with E-state index in [2.05, 4.69) is 19.2 Å². The molecule has 2 unspecified atom stereocenters. The molecule has 5 rings (SSSR count). The fourth-order valence-electron chi connectivity index (χ4n) is 7.57. The smallest absolute Gasteiger partial charge is 0.409 e. The molecule has 312 valence electrons. The van der Waals surface area contributed by atoms with Gasteiger partial charge in [-0.3, -0.25) is 14.9 Å². The molecule has 4 heterocycles. The van der Waals surface area contributed by atoms with Gasteiger partial charge in [0.25, 0.3) is 0 Å². The van der Waals surface area contributed by atoms with Gasteiger partial charge in [-0.25, -0.2) is 9.59 Å². The summed E-state index contributed by atoms with van der Waals surface area (Å²) < 4.78 is 29.7. The number of methoxy groups -OCH3 is 2. The first kappa shape index (κ1) is 45.7. The molecular formula is C40H58ClN3O10S2. The van der Waals surface area contributed by atoms with E-state index in [-0.39, 0.29) is 41.9 Å². The number of nitrogens with zero attached hydrogens (tertiary/aromatic N) is 2. The standard InChI is InChI=1S/C40H58ClN3O10S2/c1-23(2)29(56-55-11)15-16-33(45)43(7)25(4)36(47)52-31-20-34(46)44(8)27-18-26(19-28(50-9)35(27)41)17-24(3)13-12-14-30(51-10)40(49)21-32(53-37(48)42-40)39(6)22-38(31,5)54-39/h12-14,18-19,23,25,29-32,49H,15-17,20-22H2,1-11H3,(H,42,48)/b14-12+,24-13+/t25-,29?,30+,31-,32-,38+,39?,40-/m0/s1. The summed E-state index contributed by atoms with van der Waals surface area (Å²) in [7, 11) is 9.48. The van der Waals surface area contributed by atoms with E-state index in [1.807, 2.05) is 19.3 Å². The molecule has 0 spiro atoms. The number of carbonyl (C=O) groups is 4. The fourth-order valence-corrected chi connectivity index (χ4v) is 10.3. The van der Waals surface area contributed by atoms with E-state index in [1.165, 1.54) is 24.0 Å². The Labute approximate surface area is 343 Å². The summed E-state index contributed by atoms with van der Waals surface area (Å²) in [4.78, 5) is 57.1. The maximum atomic E-state index is 14.2. The molecule has 1 aromatic rings. The van der Waals surface area contributed by atoms with Crippen molar-refractivity contribution in [3.63, 3.8) is 0 Å². The van der Waals surface area contributed by atoms with Crippen LogP contribution in [0, 0.1) is 5.92 Å². The number of ether oxygens (including phenoxy) is 5. The van der Waals surface area contributed by atoms with Crippen molar-refractivity contribution in [2.24, 2.45) is 5.92 Å². The monoisotopic (exact) mass is 839 g/mol. The van der Waals surface area contributed by atoms with Crippen LogP contribution >= 0.6 is 33.2 Å². The SMILES string of the molecule is COc1cc2cc(c1Cl)N(C)C(=O)C[C@H](OC(=O)[C@H](C)N(C)C(=O)CCC(SSC)C(C)C)[C@@]1(C)CC(C)(O1)[C@@H]1C[C@@](O)(NC(=O)O1)[C@H](OC)/C=C/C=C(\C)C2. The van der Waals surface area contributed by atoms with Crippen molar-refractivity contribution in [3.05, 3.63) is 46.5 Å². The quantitative estimate of drug-likeness (QED) is 0.186. The Balaban J connectivity index is 1.70. The first-order valence-electron chi connectivity index (χ1n) is 18.8. The predicted molar refractivity (Wildman–Crippen MR) is 220 cm³/mol. The number of benzene rings is 1. The number of amides is 3. The highest BCUT2D eigenvalue weighted by atomic mass is 35.5. The second-order valence-electron chi connectivity index (χ2n) is 15.8. The van der Waals surface area contributed by atoms with Gasteiger partial charge in [-0.2, -0.15) is 0 Å². The molecule has 13 nitrogen and oxygen atoms in total. The fraction of sp³-hybridized carbons (Fsp3) is 0.650. The number of likely N-dealkylation sites (N-methyl/N-ethyl adjacent to an activating group) is 1. The number of fused-ring (bicyclic) bond motifs is 6. The molecule has 0 aliphatic carbocycles. The van der Waals surface area contributed by atoms with Crippen molar-refractivity contribution in [1.82, 2.24) is 10.2 Å². The molecule has 4 aliphatic heterocycles. The van der Waals surface area contributed by atoms with Crippen LogP contribution in [0.1, 0.15) is 79.2 Å². The highest BCUT2D eigenvalue weighted by Crippen LogP contribution is 2.50. The van der Waals surface area contributed by atoms with Gasteiger partial charge in [0, 0.05) is 45.7 Å². The molecule has 56 heavy (non-hydrogen) atoms. The van der Waals surface area contributed by atoms with Gasteiger partial charge in [0.2, 0.25) is 11.8 Å². The largest absolute Gasteiger partial charge is 0.495 e. The van der Waals surface area contributed by atoms with Gasteiger partial charge in [0.05, 0.1) is 19.2 Å². The van der Waals surface area contributed by atoms with Gasteiger partial charge >= 0.3 is 12.1 Å². The van der Waals surface area contributed by atoms with Crippen molar-refractivity contribution in [3.8, 4) is 5.75 Å². The Morgan fingerprint density at radius 2 is 1.86 bits per heavy atom. The van der Waals surface area contributed by atoms with E-state index in [0.717, 1.165) is 11.1 Å². The Bertz CT molecular complexity index is 1680. The van der Waals surface area contributed by atoms with Gasteiger partial charge in [0.15, 0.2) is 5.72 Å². The first-order valence-corrected chi connectivity index (χ1v) is 21.8. The highest BCUT2D eigenvalue weighted by Gasteiger charge is 2.63. The lowest BCUT2D eigenvalue weighted by atomic mass is 9.72. The molecule has 2 N–H and O–H groups in total. The number of nitrogens with one attached hydrogen (secondary N) is 1. The van der Waals surface area contributed by atoms with E-state index in [0.29, 0.717) is 30.2 Å². The maximum Gasteiger partial charge on any atom is 0.409 e. The van der Waals surface area contributed by atoms with Crippen molar-refractivity contribution in [1.29, 1.82) is 0 Å². The van der Waals surface area contributed by atoms with E-state index in [4.69, 9.17) is 35.3 Å². The average molecular weight is 841 g/mol. The number of halogens is 1. The number of alkyl carbamates (subject to hydrolysis) is 1. The summed E-state index contributed by atoms with van der Waals surface area (Å²) >= 11 is 6.79. The number of allylic oxidation sites excluding steroid dienone is 3. The van der Waals surface area contributed by atoms with Gasteiger partial charge in [-0.15, -0.1) is 0 Å². The lowest BCUT2D eigenvalue weighted by molar-refractivity contribution is -0.328. The summed E-state index contributed by atoms with van der Waals surface area (Å²) in [5.41, 5.74) is -2.11. The number of aliphatic hydroxyl groups is 1. The van der Waals surface area contributed by atoms with E-state index in [9.17, 15) is 24.3 Å². The van der Waals surface area contributed by atoms with Gasteiger partial charge in [0.1, 0.15) is 46.3 Å². The summed E-state index contributed by atoms with van der Waals surface area (Å²) in [6, 6.07) is 2.63. The summed E-state index contributed by atoms with van der Waals surface area (Å²) in [5, 5.41) is 14.8.